The molecule has 0 spiro atoms. The lowest BCUT2D eigenvalue weighted by molar-refractivity contribution is -0.151. The first kappa shape index (κ1) is 15.5. The maximum Gasteiger partial charge on any atom is 0.326 e. The van der Waals surface area contributed by atoms with E-state index in [4.69, 9.17) is 4.74 Å². The minimum atomic E-state index is -0.952. The zero-order valence-electron chi connectivity index (χ0n) is 12.2. The molecule has 5 nitrogen and oxygen atoms in total. The van der Waals surface area contributed by atoms with Crippen LogP contribution in [0.1, 0.15) is 30.9 Å². The molecule has 5 heteroatoms. The summed E-state index contributed by atoms with van der Waals surface area (Å²) in [6.45, 7) is 3.33. The molecule has 1 aliphatic heterocycles. The van der Waals surface area contributed by atoms with Gasteiger partial charge < -0.3 is 14.7 Å². The number of rotatable bonds is 6. The maximum atomic E-state index is 12.3. The normalized spacial score (nSPS) is 17.4. The summed E-state index contributed by atoms with van der Waals surface area (Å²) in [6, 6.07) is 6.90. The van der Waals surface area contributed by atoms with Gasteiger partial charge in [0.1, 0.15) is 6.04 Å². The van der Waals surface area contributed by atoms with E-state index >= 15 is 0 Å². The van der Waals surface area contributed by atoms with E-state index in [9.17, 15) is 14.7 Å². The van der Waals surface area contributed by atoms with E-state index in [1.54, 1.807) is 0 Å². The molecule has 0 radical (unpaired) electrons. The standard InChI is InChI=1S/C16H21NO4/c1-2-8-21-9-7-15(18)17-11-13-6-4-3-5-12(13)10-14(17)16(19)20/h3-6,14H,2,7-11H2,1H3,(H,19,20)/t14-/m1/s1. The van der Waals surface area contributed by atoms with E-state index in [0.29, 0.717) is 26.2 Å². The number of carboxylic acid groups (broad SMARTS) is 1. The molecular weight excluding hydrogens is 270 g/mol. The van der Waals surface area contributed by atoms with Crippen LogP contribution in [0.25, 0.3) is 0 Å². The van der Waals surface area contributed by atoms with Gasteiger partial charge in [-0.05, 0) is 17.5 Å². The Balaban J connectivity index is 2.06. The average Bonchev–Trinajstić information content (AvgIpc) is 2.50. The van der Waals surface area contributed by atoms with E-state index in [1.165, 1.54) is 4.90 Å². The first-order chi connectivity index (χ1) is 10.1. The lowest BCUT2D eigenvalue weighted by Gasteiger charge is -2.34. The highest BCUT2D eigenvalue weighted by Gasteiger charge is 2.33. The van der Waals surface area contributed by atoms with E-state index in [2.05, 4.69) is 0 Å². The van der Waals surface area contributed by atoms with Crippen molar-refractivity contribution in [2.24, 2.45) is 0 Å². The monoisotopic (exact) mass is 291 g/mol. The third-order valence-electron chi connectivity index (χ3n) is 3.66. The van der Waals surface area contributed by atoms with Gasteiger partial charge in [0, 0.05) is 19.6 Å². The fraction of sp³-hybridized carbons (Fsp3) is 0.500. The summed E-state index contributed by atoms with van der Waals surface area (Å²) in [5.74, 6) is -1.11. The SMILES string of the molecule is CCCOCCC(=O)N1Cc2ccccc2C[C@@H]1C(=O)O. The number of nitrogens with zero attached hydrogens (tertiary/aromatic N) is 1. The number of carbonyl (C=O) groups excluding carboxylic acids is 1. The van der Waals surface area contributed by atoms with Crippen molar-refractivity contribution in [3.8, 4) is 0 Å². The van der Waals surface area contributed by atoms with Crippen molar-refractivity contribution >= 4 is 11.9 Å². The van der Waals surface area contributed by atoms with Gasteiger partial charge >= 0.3 is 5.97 Å². The molecule has 0 fully saturated rings. The number of amides is 1. The summed E-state index contributed by atoms with van der Waals surface area (Å²) in [7, 11) is 0. The van der Waals surface area contributed by atoms with Crippen molar-refractivity contribution in [3.63, 3.8) is 0 Å². The first-order valence-corrected chi connectivity index (χ1v) is 7.30. The molecule has 0 saturated carbocycles. The van der Waals surface area contributed by atoms with Crippen molar-refractivity contribution in [3.05, 3.63) is 35.4 Å². The Morgan fingerprint density at radius 1 is 1.29 bits per heavy atom. The van der Waals surface area contributed by atoms with Crippen LogP contribution in [0.5, 0.6) is 0 Å². The van der Waals surface area contributed by atoms with Gasteiger partial charge in [0.15, 0.2) is 0 Å². The molecule has 1 aliphatic rings. The van der Waals surface area contributed by atoms with Gasteiger partial charge in [-0.1, -0.05) is 31.2 Å². The van der Waals surface area contributed by atoms with Crippen molar-refractivity contribution in [2.45, 2.75) is 38.8 Å². The van der Waals surface area contributed by atoms with Gasteiger partial charge in [-0.25, -0.2) is 4.79 Å². The number of ether oxygens (including phenoxy) is 1. The van der Waals surface area contributed by atoms with Gasteiger partial charge in [-0.15, -0.1) is 0 Å². The minimum Gasteiger partial charge on any atom is -0.480 e. The van der Waals surface area contributed by atoms with Crippen LogP contribution >= 0.6 is 0 Å². The van der Waals surface area contributed by atoms with Crippen LogP contribution in [0, 0.1) is 0 Å². The summed E-state index contributed by atoms with van der Waals surface area (Å²) in [5.41, 5.74) is 2.04. The molecule has 1 heterocycles. The maximum absolute atomic E-state index is 12.3. The van der Waals surface area contributed by atoms with Crippen molar-refractivity contribution in [1.82, 2.24) is 4.90 Å². The minimum absolute atomic E-state index is 0.159. The lowest BCUT2D eigenvalue weighted by atomic mass is 9.94. The molecule has 1 amide bonds. The molecule has 0 bridgehead atoms. The van der Waals surface area contributed by atoms with Crippen LogP contribution in [0.15, 0.2) is 24.3 Å². The van der Waals surface area contributed by atoms with Crippen LogP contribution < -0.4 is 0 Å². The van der Waals surface area contributed by atoms with E-state index < -0.39 is 12.0 Å². The second-order valence-corrected chi connectivity index (χ2v) is 5.21. The predicted octanol–water partition coefficient (Wildman–Crippen LogP) is 1.84. The number of hydrogen-bond acceptors (Lipinski definition) is 3. The summed E-state index contributed by atoms with van der Waals surface area (Å²) < 4.78 is 5.31. The molecule has 0 unspecified atom stereocenters. The molecule has 0 aliphatic carbocycles. The average molecular weight is 291 g/mol. The first-order valence-electron chi connectivity index (χ1n) is 7.30. The summed E-state index contributed by atoms with van der Waals surface area (Å²) in [6.07, 6.45) is 1.50. The third-order valence-corrected chi connectivity index (χ3v) is 3.66. The number of benzene rings is 1. The number of fused-ring (bicyclic) bond motifs is 1. The molecule has 114 valence electrons. The van der Waals surface area contributed by atoms with Gasteiger partial charge in [0.05, 0.1) is 13.0 Å². The smallest absolute Gasteiger partial charge is 0.326 e. The van der Waals surface area contributed by atoms with Crippen molar-refractivity contribution in [2.75, 3.05) is 13.2 Å². The lowest BCUT2D eigenvalue weighted by Crippen LogP contribution is -2.48. The van der Waals surface area contributed by atoms with Crippen molar-refractivity contribution < 1.29 is 19.4 Å². The van der Waals surface area contributed by atoms with Crippen LogP contribution in [0.4, 0.5) is 0 Å². The van der Waals surface area contributed by atoms with Crippen LogP contribution in [-0.2, 0) is 27.3 Å². The van der Waals surface area contributed by atoms with E-state index in [1.807, 2.05) is 31.2 Å². The highest BCUT2D eigenvalue weighted by molar-refractivity contribution is 5.84. The zero-order chi connectivity index (χ0) is 15.2. The molecule has 1 aromatic rings. The Bertz CT molecular complexity index is 515. The molecule has 0 saturated heterocycles. The second-order valence-electron chi connectivity index (χ2n) is 5.21. The number of carbonyl (C=O) groups is 2. The third kappa shape index (κ3) is 3.82. The van der Waals surface area contributed by atoms with Gasteiger partial charge in [0.2, 0.25) is 5.91 Å². The molecular formula is C16H21NO4. The largest absolute Gasteiger partial charge is 0.480 e. The fourth-order valence-electron chi connectivity index (χ4n) is 2.56. The second kappa shape index (κ2) is 7.22. The Morgan fingerprint density at radius 2 is 2.00 bits per heavy atom. The summed E-state index contributed by atoms with van der Waals surface area (Å²) in [4.78, 5) is 25.2. The van der Waals surface area contributed by atoms with Crippen molar-refractivity contribution in [1.29, 1.82) is 0 Å². The molecule has 1 N–H and O–H groups in total. The van der Waals surface area contributed by atoms with Crippen LogP contribution in [-0.4, -0.2) is 41.1 Å². The predicted molar refractivity (Wildman–Crippen MR) is 77.8 cm³/mol. The number of hydrogen-bond donors (Lipinski definition) is 1. The highest BCUT2D eigenvalue weighted by Crippen LogP contribution is 2.24. The Hall–Kier alpha value is -1.88. The number of carboxylic acids is 1. The van der Waals surface area contributed by atoms with Gasteiger partial charge in [0.25, 0.3) is 0 Å². The Kier molecular flexibility index (Phi) is 5.33. The van der Waals surface area contributed by atoms with Gasteiger partial charge in [-0.2, -0.15) is 0 Å². The number of aliphatic carboxylic acids is 1. The Labute approximate surface area is 124 Å². The van der Waals surface area contributed by atoms with Gasteiger partial charge in [-0.3, -0.25) is 4.79 Å². The summed E-state index contributed by atoms with van der Waals surface area (Å²) >= 11 is 0. The quantitative estimate of drug-likeness (QED) is 0.812. The molecule has 0 aromatic heterocycles. The highest BCUT2D eigenvalue weighted by atomic mass is 16.5. The zero-order valence-corrected chi connectivity index (χ0v) is 12.2. The topological polar surface area (TPSA) is 66.8 Å². The van der Waals surface area contributed by atoms with E-state index in [-0.39, 0.29) is 12.3 Å². The molecule has 1 aromatic carbocycles. The molecule has 21 heavy (non-hydrogen) atoms. The fourth-order valence-corrected chi connectivity index (χ4v) is 2.56. The van der Waals surface area contributed by atoms with Crippen LogP contribution in [0.3, 0.4) is 0 Å². The molecule has 1 atom stereocenters. The molecule has 2 rings (SSSR count). The van der Waals surface area contributed by atoms with E-state index in [0.717, 1.165) is 17.5 Å². The van der Waals surface area contributed by atoms with Crippen LogP contribution in [0.2, 0.25) is 0 Å². The summed E-state index contributed by atoms with van der Waals surface area (Å²) in [5, 5.41) is 9.37. The Morgan fingerprint density at radius 3 is 2.67 bits per heavy atom.